The number of benzene rings is 2. The fourth-order valence-electron chi connectivity index (χ4n) is 2.64. The molecule has 2 aromatic carbocycles. The lowest BCUT2D eigenvalue weighted by Gasteiger charge is -2.28. The van der Waals surface area contributed by atoms with E-state index in [4.69, 9.17) is 4.74 Å². The summed E-state index contributed by atoms with van der Waals surface area (Å²) in [6.07, 6.45) is 0. The summed E-state index contributed by atoms with van der Waals surface area (Å²) in [6, 6.07) is 14.5. The minimum Gasteiger partial charge on any atom is -0.378 e. The van der Waals surface area contributed by atoms with Crippen LogP contribution in [0.2, 0.25) is 0 Å². The number of rotatable bonds is 5. The van der Waals surface area contributed by atoms with Crippen LogP contribution >= 0.6 is 0 Å². The Morgan fingerprint density at radius 1 is 1.20 bits per heavy atom. The number of nitrogens with one attached hydrogen (secondary N) is 1. The van der Waals surface area contributed by atoms with Crippen LogP contribution in [0.1, 0.15) is 12.5 Å². The number of anilines is 2. The van der Waals surface area contributed by atoms with Crippen molar-refractivity contribution in [3.8, 4) is 0 Å². The molecule has 3 rings (SSSR count). The van der Waals surface area contributed by atoms with Crippen LogP contribution in [0, 0.1) is 10.1 Å². The van der Waals surface area contributed by atoms with Crippen LogP contribution < -0.4 is 10.3 Å². The van der Waals surface area contributed by atoms with E-state index in [1.165, 1.54) is 17.8 Å². The topological polar surface area (TPSA) is 80.0 Å². The Kier molecular flexibility index (Phi) is 5.25. The largest absolute Gasteiger partial charge is 0.378 e. The Morgan fingerprint density at radius 2 is 1.92 bits per heavy atom. The summed E-state index contributed by atoms with van der Waals surface area (Å²) < 4.78 is 5.37. The molecule has 0 unspecified atom stereocenters. The normalized spacial score (nSPS) is 15.1. The van der Waals surface area contributed by atoms with Crippen LogP contribution in [0.3, 0.4) is 0 Å². The van der Waals surface area contributed by atoms with E-state index in [2.05, 4.69) is 27.6 Å². The summed E-state index contributed by atoms with van der Waals surface area (Å²) in [6.45, 7) is 5.22. The molecule has 1 aliphatic rings. The highest BCUT2D eigenvalue weighted by atomic mass is 16.6. The van der Waals surface area contributed by atoms with Crippen LogP contribution in [-0.2, 0) is 4.74 Å². The Bertz CT molecular complexity index is 768. The maximum absolute atomic E-state index is 10.8. The van der Waals surface area contributed by atoms with Crippen LogP contribution in [0.5, 0.6) is 0 Å². The van der Waals surface area contributed by atoms with Gasteiger partial charge in [0, 0.05) is 30.9 Å². The standard InChI is InChI=1S/C18H20N4O3/c1-14(19-20-16-3-2-4-18(13-16)22(23)24)15-5-7-17(8-6-15)21-9-11-25-12-10-21/h2-8,13,20H,9-12H2,1H3/b19-14-. The predicted molar refractivity (Wildman–Crippen MR) is 98.4 cm³/mol. The summed E-state index contributed by atoms with van der Waals surface area (Å²) in [4.78, 5) is 12.7. The summed E-state index contributed by atoms with van der Waals surface area (Å²) in [5.41, 5.74) is 6.46. The van der Waals surface area contributed by atoms with Gasteiger partial charge in [0.05, 0.1) is 29.5 Å². The number of hydrogen-bond donors (Lipinski definition) is 1. The SMILES string of the molecule is C/C(=N/Nc1cccc([N+](=O)[O-])c1)c1ccc(N2CCOCC2)cc1. The highest BCUT2D eigenvalue weighted by molar-refractivity contribution is 5.99. The average Bonchev–Trinajstić information content (AvgIpc) is 2.67. The van der Waals surface area contributed by atoms with Gasteiger partial charge in [-0.25, -0.2) is 0 Å². The molecule has 0 spiro atoms. The zero-order valence-electron chi connectivity index (χ0n) is 14.0. The lowest BCUT2D eigenvalue weighted by atomic mass is 10.1. The second kappa shape index (κ2) is 7.76. The van der Waals surface area contributed by atoms with Crippen molar-refractivity contribution in [3.63, 3.8) is 0 Å². The van der Waals surface area contributed by atoms with Gasteiger partial charge in [-0.3, -0.25) is 15.5 Å². The van der Waals surface area contributed by atoms with Crippen LogP contribution in [-0.4, -0.2) is 36.9 Å². The molecule has 130 valence electrons. The van der Waals surface area contributed by atoms with E-state index >= 15 is 0 Å². The maximum Gasteiger partial charge on any atom is 0.271 e. The monoisotopic (exact) mass is 340 g/mol. The van der Waals surface area contributed by atoms with Crippen molar-refractivity contribution in [1.29, 1.82) is 0 Å². The molecular formula is C18H20N4O3. The number of nitro groups is 1. The van der Waals surface area contributed by atoms with Gasteiger partial charge in [-0.2, -0.15) is 5.10 Å². The van der Waals surface area contributed by atoms with Crippen LogP contribution in [0.25, 0.3) is 0 Å². The van der Waals surface area contributed by atoms with Gasteiger partial charge in [0.2, 0.25) is 0 Å². The molecule has 1 heterocycles. The third-order valence-electron chi connectivity index (χ3n) is 4.07. The second-order valence-electron chi connectivity index (χ2n) is 5.76. The first-order valence-corrected chi connectivity index (χ1v) is 8.11. The Hall–Kier alpha value is -2.93. The zero-order valence-corrected chi connectivity index (χ0v) is 14.0. The molecule has 0 radical (unpaired) electrons. The van der Waals surface area contributed by atoms with Crippen molar-refractivity contribution in [2.45, 2.75) is 6.92 Å². The van der Waals surface area contributed by atoms with E-state index in [-0.39, 0.29) is 5.69 Å². The van der Waals surface area contributed by atoms with E-state index in [1.54, 1.807) is 12.1 Å². The smallest absolute Gasteiger partial charge is 0.271 e. The van der Waals surface area contributed by atoms with Crippen molar-refractivity contribution in [2.24, 2.45) is 5.10 Å². The molecule has 0 amide bonds. The van der Waals surface area contributed by atoms with E-state index < -0.39 is 4.92 Å². The molecule has 0 bridgehead atoms. The van der Waals surface area contributed by atoms with E-state index in [1.807, 2.05) is 19.1 Å². The Balaban J connectivity index is 1.67. The highest BCUT2D eigenvalue weighted by Gasteiger charge is 2.11. The molecule has 0 atom stereocenters. The van der Waals surface area contributed by atoms with Gasteiger partial charge in [0.25, 0.3) is 5.69 Å². The third-order valence-corrected chi connectivity index (χ3v) is 4.07. The molecule has 0 saturated carbocycles. The first-order chi connectivity index (χ1) is 12.1. The van der Waals surface area contributed by atoms with Crippen molar-refractivity contribution in [3.05, 3.63) is 64.2 Å². The summed E-state index contributed by atoms with van der Waals surface area (Å²) in [7, 11) is 0. The highest BCUT2D eigenvalue weighted by Crippen LogP contribution is 2.19. The van der Waals surface area contributed by atoms with Gasteiger partial charge >= 0.3 is 0 Å². The number of nitrogens with zero attached hydrogens (tertiary/aromatic N) is 3. The molecule has 1 N–H and O–H groups in total. The first kappa shape index (κ1) is 16.9. The minimum atomic E-state index is -0.424. The van der Waals surface area contributed by atoms with Crippen molar-refractivity contribution in [2.75, 3.05) is 36.6 Å². The van der Waals surface area contributed by atoms with E-state index in [0.717, 1.165) is 37.6 Å². The fourth-order valence-corrected chi connectivity index (χ4v) is 2.64. The minimum absolute atomic E-state index is 0.0349. The molecule has 25 heavy (non-hydrogen) atoms. The number of hydrazone groups is 1. The average molecular weight is 340 g/mol. The number of hydrogen-bond acceptors (Lipinski definition) is 6. The van der Waals surface area contributed by atoms with Gasteiger partial charge in [0.1, 0.15) is 0 Å². The Labute approximate surface area is 146 Å². The fraction of sp³-hybridized carbons (Fsp3) is 0.278. The number of ether oxygens (including phenoxy) is 1. The molecule has 1 saturated heterocycles. The number of nitro benzene ring substituents is 1. The zero-order chi connectivity index (χ0) is 17.6. The molecular weight excluding hydrogens is 320 g/mol. The second-order valence-corrected chi connectivity index (χ2v) is 5.76. The molecule has 1 aliphatic heterocycles. The van der Waals surface area contributed by atoms with Gasteiger partial charge in [0.15, 0.2) is 0 Å². The van der Waals surface area contributed by atoms with Crippen LogP contribution in [0.4, 0.5) is 17.1 Å². The van der Waals surface area contributed by atoms with E-state index in [0.29, 0.717) is 5.69 Å². The predicted octanol–water partition coefficient (Wildman–Crippen LogP) is 3.27. The molecule has 7 nitrogen and oxygen atoms in total. The molecule has 0 aliphatic carbocycles. The third kappa shape index (κ3) is 4.33. The summed E-state index contributed by atoms with van der Waals surface area (Å²) in [5.74, 6) is 0. The van der Waals surface area contributed by atoms with Gasteiger partial charge in [-0.15, -0.1) is 0 Å². The summed E-state index contributed by atoms with van der Waals surface area (Å²) in [5, 5.41) is 15.1. The van der Waals surface area contributed by atoms with E-state index in [9.17, 15) is 10.1 Å². The molecule has 7 heteroatoms. The van der Waals surface area contributed by atoms with Crippen molar-refractivity contribution in [1.82, 2.24) is 0 Å². The molecule has 1 fully saturated rings. The maximum atomic E-state index is 10.8. The molecule has 2 aromatic rings. The van der Waals surface area contributed by atoms with Gasteiger partial charge in [-0.05, 0) is 30.7 Å². The van der Waals surface area contributed by atoms with Crippen molar-refractivity contribution >= 4 is 22.8 Å². The Morgan fingerprint density at radius 3 is 2.60 bits per heavy atom. The first-order valence-electron chi connectivity index (χ1n) is 8.11. The lowest BCUT2D eigenvalue weighted by molar-refractivity contribution is -0.384. The summed E-state index contributed by atoms with van der Waals surface area (Å²) >= 11 is 0. The number of morpholine rings is 1. The quantitative estimate of drug-likeness (QED) is 0.513. The molecule has 0 aromatic heterocycles. The van der Waals surface area contributed by atoms with Crippen LogP contribution in [0.15, 0.2) is 53.6 Å². The van der Waals surface area contributed by atoms with Crippen molar-refractivity contribution < 1.29 is 9.66 Å². The van der Waals surface area contributed by atoms with Gasteiger partial charge < -0.3 is 9.64 Å². The van der Waals surface area contributed by atoms with Gasteiger partial charge in [-0.1, -0.05) is 18.2 Å². The lowest BCUT2D eigenvalue weighted by Crippen LogP contribution is -2.36. The number of non-ortho nitro benzene ring substituents is 1.